The average Bonchev–Trinajstić information content (AvgIpc) is 3.01. The first kappa shape index (κ1) is 19.0. The molecule has 1 aliphatic carbocycles. The van der Waals surface area contributed by atoms with Crippen LogP contribution in [0.4, 0.5) is 5.69 Å². The van der Waals surface area contributed by atoms with Crippen LogP contribution in [0.15, 0.2) is 76.8 Å². The van der Waals surface area contributed by atoms with Crippen LogP contribution in [0.1, 0.15) is 16.7 Å². The highest BCUT2D eigenvalue weighted by Crippen LogP contribution is 2.36. The molecule has 6 heteroatoms. The molecule has 0 bridgehead atoms. The standard InChI is InChI=1S/C21H17ClN4.ClH/c22-17-6-8-18(9-7-17)25-21(23)26-24-13-14-5-10-20-16(11-14)12-15-3-1-2-4-19(15)20;/h1-11,13H,12H2,(H3,23,25,26);1H. The third-order valence-electron chi connectivity index (χ3n) is 4.29. The lowest BCUT2D eigenvalue weighted by Gasteiger charge is -2.02. The smallest absolute Gasteiger partial charge is 0.214 e. The van der Waals surface area contributed by atoms with Crippen LogP contribution in [-0.4, -0.2) is 12.2 Å². The number of hydrogen-bond donors (Lipinski definition) is 2. The molecule has 3 aromatic rings. The van der Waals surface area contributed by atoms with Crippen molar-refractivity contribution in [2.75, 3.05) is 0 Å². The summed E-state index contributed by atoms with van der Waals surface area (Å²) in [6, 6.07) is 22.0. The van der Waals surface area contributed by atoms with Crippen LogP contribution >= 0.6 is 24.0 Å². The van der Waals surface area contributed by atoms with Crippen LogP contribution in [-0.2, 0) is 6.42 Å². The number of guanidine groups is 1. The molecular weight excluding hydrogens is 379 g/mol. The molecule has 0 unspecified atom stereocenters. The SMILES string of the molecule is Cl.NC(=Nc1ccc(Cl)cc1)NN=Cc1ccc2c(c1)Cc1ccccc1-2. The summed E-state index contributed by atoms with van der Waals surface area (Å²) in [5.74, 6) is 0.220. The third-order valence-corrected chi connectivity index (χ3v) is 4.54. The first-order valence-corrected chi connectivity index (χ1v) is 8.67. The van der Waals surface area contributed by atoms with E-state index in [0.717, 1.165) is 12.0 Å². The normalized spacial score (nSPS) is 12.4. The fourth-order valence-electron chi connectivity index (χ4n) is 3.10. The topological polar surface area (TPSA) is 62.8 Å². The van der Waals surface area contributed by atoms with Gasteiger partial charge in [0.25, 0.3) is 0 Å². The Hall–Kier alpha value is -2.82. The molecule has 0 amide bonds. The number of nitrogens with one attached hydrogen (secondary N) is 1. The molecular formula is C21H18Cl2N4. The van der Waals surface area contributed by atoms with E-state index in [1.54, 1.807) is 30.5 Å². The lowest BCUT2D eigenvalue weighted by Crippen LogP contribution is -2.26. The molecule has 0 heterocycles. The van der Waals surface area contributed by atoms with Gasteiger partial charge in [-0.3, -0.25) is 0 Å². The van der Waals surface area contributed by atoms with Crippen molar-refractivity contribution in [1.82, 2.24) is 5.43 Å². The third kappa shape index (κ3) is 4.30. The Balaban J connectivity index is 0.00000210. The van der Waals surface area contributed by atoms with E-state index in [1.165, 1.54) is 22.3 Å². The highest BCUT2D eigenvalue weighted by Gasteiger charge is 2.17. The zero-order valence-corrected chi connectivity index (χ0v) is 16.0. The number of benzene rings is 3. The Kier molecular flexibility index (Phi) is 5.79. The average molecular weight is 397 g/mol. The van der Waals surface area contributed by atoms with Crippen molar-refractivity contribution in [3.63, 3.8) is 0 Å². The maximum Gasteiger partial charge on any atom is 0.214 e. The van der Waals surface area contributed by atoms with Gasteiger partial charge in [-0.2, -0.15) is 5.10 Å². The van der Waals surface area contributed by atoms with Crippen molar-refractivity contribution in [2.45, 2.75) is 6.42 Å². The quantitative estimate of drug-likeness (QED) is 0.293. The molecule has 4 nitrogen and oxygen atoms in total. The van der Waals surface area contributed by atoms with E-state index in [1.807, 2.05) is 0 Å². The minimum atomic E-state index is 0. The fourth-order valence-corrected chi connectivity index (χ4v) is 3.22. The summed E-state index contributed by atoms with van der Waals surface area (Å²) in [6.45, 7) is 0. The minimum Gasteiger partial charge on any atom is -0.368 e. The summed E-state index contributed by atoms with van der Waals surface area (Å²) in [5.41, 5.74) is 15.6. The molecule has 0 atom stereocenters. The highest BCUT2D eigenvalue weighted by molar-refractivity contribution is 6.30. The van der Waals surface area contributed by atoms with E-state index in [0.29, 0.717) is 10.7 Å². The second kappa shape index (κ2) is 8.25. The molecule has 3 aromatic carbocycles. The molecule has 136 valence electrons. The molecule has 3 N–H and O–H groups in total. The summed E-state index contributed by atoms with van der Waals surface area (Å²) < 4.78 is 0. The van der Waals surface area contributed by atoms with Gasteiger partial charge in [-0.15, -0.1) is 12.4 Å². The second-order valence-corrected chi connectivity index (χ2v) is 6.53. The Morgan fingerprint density at radius 2 is 1.70 bits per heavy atom. The van der Waals surface area contributed by atoms with Crippen molar-refractivity contribution in [3.05, 3.63) is 88.4 Å². The zero-order valence-electron chi connectivity index (χ0n) is 14.4. The number of halogens is 2. The zero-order chi connectivity index (χ0) is 17.9. The van der Waals surface area contributed by atoms with Crippen molar-refractivity contribution < 1.29 is 0 Å². The van der Waals surface area contributed by atoms with E-state index in [9.17, 15) is 0 Å². The Morgan fingerprint density at radius 3 is 2.52 bits per heavy atom. The molecule has 0 saturated carbocycles. The molecule has 0 spiro atoms. The number of rotatable bonds is 3. The summed E-state index contributed by atoms with van der Waals surface area (Å²) >= 11 is 5.85. The predicted molar refractivity (Wildman–Crippen MR) is 115 cm³/mol. The Bertz CT molecular complexity index is 1010. The van der Waals surface area contributed by atoms with Crippen molar-refractivity contribution >= 4 is 41.9 Å². The van der Waals surface area contributed by atoms with Crippen molar-refractivity contribution in [1.29, 1.82) is 0 Å². The van der Waals surface area contributed by atoms with Gasteiger partial charge in [0, 0.05) is 5.02 Å². The second-order valence-electron chi connectivity index (χ2n) is 6.09. The van der Waals surface area contributed by atoms with Gasteiger partial charge >= 0.3 is 0 Å². The van der Waals surface area contributed by atoms with Gasteiger partial charge in [0.2, 0.25) is 5.96 Å². The minimum absolute atomic E-state index is 0. The predicted octanol–water partition coefficient (Wildman–Crippen LogP) is 4.90. The molecule has 1 aliphatic rings. The summed E-state index contributed by atoms with van der Waals surface area (Å²) in [6.07, 6.45) is 2.70. The fraction of sp³-hybridized carbons (Fsp3) is 0.0476. The van der Waals surface area contributed by atoms with Crippen LogP contribution < -0.4 is 11.2 Å². The van der Waals surface area contributed by atoms with Crippen molar-refractivity contribution in [3.8, 4) is 11.1 Å². The molecule has 4 rings (SSSR count). The molecule has 0 aliphatic heterocycles. The molecule has 0 radical (unpaired) electrons. The van der Waals surface area contributed by atoms with Crippen LogP contribution in [0, 0.1) is 0 Å². The van der Waals surface area contributed by atoms with E-state index in [2.05, 4.69) is 58.0 Å². The summed E-state index contributed by atoms with van der Waals surface area (Å²) in [7, 11) is 0. The van der Waals surface area contributed by atoms with Gasteiger partial charge in [0.05, 0.1) is 11.9 Å². The van der Waals surface area contributed by atoms with Gasteiger partial charge < -0.3 is 5.73 Å². The van der Waals surface area contributed by atoms with Crippen LogP contribution in [0.3, 0.4) is 0 Å². The number of nitrogens with zero attached hydrogens (tertiary/aromatic N) is 2. The summed E-state index contributed by atoms with van der Waals surface area (Å²) in [5, 5.41) is 4.83. The first-order chi connectivity index (χ1) is 12.7. The molecule has 0 saturated heterocycles. The molecule has 0 aromatic heterocycles. The first-order valence-electron chi connectivity index (χ1n) is 8.29. The monoisotopic (exact) mass is 396 g/mol. The number of fused-ring (bicyclic) bond motifs is 3. The van der Waals surface area contributed by atoms with E-state index in [4.69, 9.17) is 17.3 Å². The van der Waals surface area contributed by atoms with E-state index < -0.39 is 0 Å². The van der Waals surface area contributed by atoms with Gasteiger partial charge in [-0.25, -0.2) is 10.4 Å². The lowest BCUT2D eigenvalue weighted by atomic mass is 10.0. The van der Waals surface area contributed by atoms with Crippen LogP contribution in [0.5, 0.6) is 0 Å². The number of aliphatic imine (C=N–C) groups is 1. The van der Waals surface area contributed by atoms with Gasteiger partial charge in [0.15, 0.2) is 0 Å². The largest absolute Gasteiger partial charge is 0.368 e. The number of hydrazone groups is 1. The number of hydrogen-bond acceptors (Lipinski definition) is 2. The van der Waals surface area contributed by atoms with Gasteiger partial charge in [-0.05, 0) is 64.6 Å². The summed E-state index contributed by atoms with van der Waals surface area (Å²) in [4.78, 5) is 4.23. The molecule has 0 fully saturated rings. The van der Waals surface area contributed by atoms with Gasteiger partial charge in [0.1, 0.15) is 0 Å². The van der Waals surface area contributed by atoms with Crippen LogP contribution in [0.25, 0.3) is 11.1 Å². The Morgan fingerprint density at radius 1 is 0.963 bits per heavy atom. The van der Waals surface area contributed by atoms with E-state index in [-0.39, 0.29) is 18.4 Å². The van der Waals surface area contributed by atoms with Crippen molar-refractivity contribution in [2.24, 2.45) is 15.8 Å². The Labute approximate surface area is 169 Å². The number of nitrogens with two attached hydrogens (primary N) is 1. The molecule has 27 heavy (non-hydrogen) atoms. The van der Waals surface area contributed by atoms with Gasteiger partial charge in [-0.1, -0.05) is 48.0 Å². The van der Waals surface area contributed by atoms with E-state index >= 15 is 0 Å². The maximum absolute atomic E-state index is 5.85. The lowest BCUT2D eigenvalue weighted by molar-refractivity contribution is 1.01. The maximum atomic E-state index is 5.85. The van der Waals surface area contributed by atoms with Crippen LogP contribution in [0.2, 0.25) is 5.02 Å². The highest BCUT2D eigenvalue weighted by atomic mass is 35.5.